The van der Waals surface area contributed by atoms with E-state index in [0.717, 1.165) is 49.3 Å². The van der Waals surface area contributed by atoms with Gasteiger partial charge in [0.2, 0.25) is 5.28 Å². The van der Waals surface area contributed by atoms with E-state index in [0.29, 0.717) is 17.8 Å². The van der Waals surface area contributed by atoms with Gasteiger partial charge in [-0.2, -0.15) is 9.97 Å². The first-order chi connectivity index (χ1) is 15.2. The summed E-state index contributed by atoms with van der Waals surface area (Å²) < 4.78 is 7.44. The average Bonchev–Trinajstić information content (AvgIpc) is 3.45. The van der Waals surface area contributed by atoms with Crippen LogP contribution in [0.3, 0.4) is 0 Å². The van der Waals surface area contributed by atoms with E-state index in [9.17, 15) is 0 Å². The van der Waals surface area contributed by atoms with Gasteiger partial charge < -0.3 is 14.7 Å². The van der Waals surface area contributed by atoms with Gasteiger partial charge in [-0.25, -0.2) is 9.99 Å². The van der Waals surface area contributed by atoms with E-state index in [2.05, 4.69) is 42.1 Å². The van der Waals surface area contributed by atoms with Gasteiger partial charge in [-0.15, -0.1) is 0 Å². The molecule has 2 aromatic heterocycles. The first kappa shape index (κ1) is 20.5. The number of anilines is 1. The first-order valence-electron chi connectivity index (χ1n) is 11.2. The van der Waals surface area contributed by atoms with Crippen LogP contribution in [-0.2, 0) is 6.42 Å². The number of hydrogen-bond donors (Lipinski definition) is 1. The number of fused-ring (bicyclic) bond motifs is 1. The van der Waals surface area contributed by atoms with Crippen LogP contribution in [0.15, 0.2) is 30.6 Å². The maximum Gasteiger partial charge on any atom is 0.226 e. The molecule has 0 radical (unpaired) electrons. The maximum atomic E-state index is 6.28. The van der Waals surface area contributed by atoms with E-state index < -0.39 is 0 Å². The van der Waals surface area contributed by atoms with Crippen LogP contribution in [-0.4, -0.2) is 44.7 Å². The molecular weight excluding hydrogens is 412 g/mol. The summed E-state index contributed by atoms with van der Waals surface area (Å²) in [5.74, 6) is 2.30. The standard InChI is InChI=1S/C23H29ClN6O/c1-31-19-8-6-16(7-9-19)14-17-10-12-29(13-11-17)28-21-20-22(27-23(24)26-21)30(15-25-20)18-4-2-3-5-18/h6-9,15,17-18H,2-5,10-14H2,1H3,(H,26,27,28). The lowest BCUT2D eigenvalue weighted by atomic mass is 9.91. The van der Waals surface area contributed by atoms with Crippen molar-refractivity contribution in [2.75, 3.05) is 25.6 Å². The second kappa shape index (κ2) is 9.01. The van der Waals surface area contributed by atoms with E-state index in [4.69, 9.17) is 16.3 Å². The lowest BCUT2D eigenvalue weighted by molar-refractivity contribution is 0.216. The quantitative estimate of drug-likeness (QED) is 0.550. The Hall–Kier alpha value is -2.38. The van der Waals surface area contributed by atoms with Crippen molar-refractivity contribution in [3.05, 3.63) is 41.4 Å². The van der Waals surface area contributed by atoms with Crippen LogP contribution >= 0.6 is 11.6 Å². The lowest BCUT2D eigenvalue weighted by Crippen LogP contribution is -2.38. The molecule has 1 aromatic carbocycles. The summed E-state index contributed by atoms with van der Waals surface area (Å²) in [7, 11) is 1.70. The van der Waals surface area contributed by atoms with Crippen LogP contribution in [0.4, 0.5) is 5.82 Å². The molecule has 3 aromatic rings. The Kier molecular flexibility index (Phi) is 5.96. The van der Waals surface area contributed by atoms with Gasteiger partial charge in [-0.3, -0.25) is 0 Å². The summed E-state index contributed by atoms with van der Waals surface area (Å²) in [5, 5.41) is 2.50. The molecule has 5 rings (SSSR count). The van der Waals surface area contributed by atoms with Crippen molar-refractivity contribution in [2.45, 2.75) is 51.0 Å². The number of hydrazine groups is 1. The molecule has 7 nitrogen and oxygen atoms in total. The van der Waals surface area contributed by atoms with Crippen LogP contribution in [0, 0.1) is 5.92 Å². The first-order valence-corrected chi connectivity index (χ1v) is 11.6. The summed E-state index contributed by atoms with van der Waals surface area (Å²) in [5.41, 5.74) is 6.48. The van der Waals surface area contributed by atoms with Crippen LogP contribution < -0.4 is 10.2 Å². The number of methoxy groups -OCH3 is 1. The minimum atomic E-state index is 0.268. The number of aromatic nitrogens is 4. The summed E-state index contributed by atoms with van der Waals surface area (Å²) in [6.45, 7) is 1.93. The number of imidazole rings is 1. The molecule has 1 aliphatic carbocycles. The van der Waals surface area contributed by atoms with Gasteiger partial charge in [-0.1, -0.05) is 25.0 Å². The monoisotopic (exact) mass is 440 g/mol. The van der Waals surface area contributed by atoms with E-state index in [1.54, 1.807) is 7.11 Å². The Labute approximate surface area is 187 Å². The van der Waals surface area contributed by atoms with Crippen molar-refractivity contribution >= 4 is 28.6 Å². The fraction of sp³-hybridized carbons (Fsp3) is 0.522. The fourth-order valence-electron chi connectivity index (χ4n) is 4.91. The normalized spacial score (nSPS) is 18.6. The summed E-state index contributed by atoms with van der Waals surface area (Å²) in [6.07, 6.45) is 10.2. The third-order valence-corrected chi connectivity index (χ3v) is 6.84. The second-order valence-corrected chi connectivity index (χ2v) is 9.04. The highest BCUT2D eigenvalue weighted by atomic mass is 35.5. The summed E-state index contributed by atoms with van der Waals surface area (Å²) in [4.78, 5) is 13.6. The van der Waals surface area contributed by atoms with Crippen molar-refractivity contribution in [3.8, 4) is 5.75 Å². The molecule has 8 heteroatoms. The Bertz CT molecular complexity index is 1020. The zero-order valence-electron chi connectivity index (χ0n) is 17.9. The molecule has 1 saturated heterocycles. The Balaban J connectivity index is 1.23. The molecule has 164 valence electrons. The highest BCUT2D eigenvalue weighted by molar-refractivity contribution is 6.28. The van der Waals surface area contributed by atoms with E-state index in [1.165, 1.54) is 31.2 Å². The van der Waals surface area contributed by atoms with Gasteiger partial charge >= 0.3 is 0 Å². The molecule has 0 atom stereocenters. The predicted molar refractivity (Wildman–Crippen MR) is 122 cm³/mol. The van der Waals surface area contributed by atoms with Crippen molar-refractivity contribution in [1.82, 2.24) is 24.5 Å². The SMILES string of the molecule is COc1ccc(CC2CCN(Nc3nc(Cl)nc4c3ncn4C3CCCC3)CC2)cc1. The number of ether oxygens (including phenoxy) is 1. The average molecular weight is 441 g/mol. The number of hydrogen-bond acceptors (Lipinski definition) is 6. The molecule has 0 amide bonds. The van der Waals surface area contributed by atoms with Crippen LogP contribution in [0.1, 0.15) is 50.1 Å². The molecule has 0 spiro atoms. The Morgan fingerprint density at radius 1 is 1.06 bits per heavy atom. The van der Waals surface area contributed by atoms with Crippen molar-refractivity contribution < 1.29 is 4.74 Å². The minimum Gasteiger partial charge on any atom is -0.497 e. The Morgan fingerprint density at radius 2 is 1.81 bits per heavy atom. The molecule has 31 heavy (non-hydrogen) atoms. The third-order valence-electron chi connectivity index (χ3n) is 6.67. The lowest BCUT2D eigenvalue weighted by Gasteiger charge is -2.32. The van der Waals surface area contributed by atoms with Crippen molar-refractivity contribution in [1.29, 1.82) is 0 Å². The molecular formula is C23H29ClN6O. The Morgan fingerprint density at radius 3 is 2.52 bits per heavy atom. The predicted octanol–water partition coefficient (Wildman–Crippen LogP) is 4.89. The fourth-order valence-corrected chi connectivity index (χ4v) is 5.08. The number of nitrogens with zero attached hydrogens (tertiary/aromatic N) is 5. The van der Waals surface area contributed by atoms with Gasteiger partial charge in [0, 0.05) is 19.1 Å². The number of piperidine rings is 1. The molecule has 2 fully saturated rings. The number of nitrogens with one attached hydrogen (secondary N) is 1. The third kappa shape index (κ3) is 4.48. The summed E-state index contributed by atoms with van der Waals surface area (Å²) >= 11 is 6.28. The number of halogens is 1. The minimum absolute atomic E-state index is 0.268. The highest BCUT2D eigenvalue weighted by Crippen LogP contribution is 2.33. The van der Waals surface area contributed by atoms with Gasteiger partial charge in [0.1, 0.15) is 5.75 Å². The van der Waals surface area contributed by atoms with Gasteiger partial charge in [0.05, 0.1) is 13.4 Å². The molecule has 3 heterocycles. The molecule has 0 unspecified atom stereocenters. The van der Waals surface area contributed by atoms with E-state index in [-0.39, 0.29) is 5.28 Å². The molecule has 1 N–H and O–H groups in total. The summed E-state index contributed by atoms with van der Waals surface area (Å²) in [6, 6.07) is 8.90. The van der Waals surface area contributed by atoms with Crippen molar-refractivity contribution in [3.63, 3.8) is 0 Å². The largest absolute Gasteiger partial charge is 0.497 e. The van der Waals surface area contributed by atoms with E-state index in [1.807, 2.05) is 18.5 Å². The zero-order chi connectivity index (χ0) is 21.2. The topological polar surface area (TPSA) is 68.1 Å². The molecule has 2 aliphatic rings. The van der Waals surface area contributed by atoms with Crippen LogP contribution in [0.5, 0.6) is 5.75 Å². The number of benzene rings is 1. The molecule has 1 aliphatic heterocycles. The smallest absolute Gasteiger partial charge is 0.226 e. The van der Waals surface area contributed by atoms with Gasteiger partial charge in [0.15, 0.2) is 17.0 Å². The zero-order valence-corrected chi connectivity index (χ0v) is 18.7. The second-order valence-electron chi connectivity index (χ2n) is 8.70. The van der Waals surface area contributed by atoms with Crippen molar-refractivity contribution in [2.24, 2.45) is 5.92 Å². The highest BCUT2D eigenvalue weighted by Gasteiger charge is 2.24. The van der Waals surface area contributed by atoms with Crippen LogP contribution in [0.25, 0.3) is 11.2 Å². The van der Waals surface area contributed by atoms with E-state index >= 15 is 0 Å². The maximum absolute atomic E-state index is 6.28. The van der Waals surface area contributed by atoms with Gasteiger partial charge in [0.25, 0.3) is 0 Å². The van der Waals surface area contributed by atoms with Gasteiger partial charge in [-0.05, 0) is 67.3 Å². The number of rotatable bonds is 6. The molecule has 0 bridgehead atoms. The molecule has 1 saturated carbocycles. The van der Waals surface area contributed by atoms with Crippen LogP contribution in [0.2, 0.25) is 5.28 Å².